The molecule has 2 aromatic carbocycles. The van der Waals surface area contributed by atoms with Crippen molar-refractivity contribution in [3.63, 3.8) is 0 Å². The maximum absolute atomic E-state index is 12.2. The monoisotopic (exact) mass is 407 g/mol. The third kappa shape index (κ3) is 4.58. The fourth-order valence-corrected chi connectivity index (χ4v) is 3.71. The number of benzene rings is 2. The molecule has 1 aliphatic heterocycles. The van der Waals surface area contributed by atoms with Gasteiger partial charge in [-0.3, -0.25) is 9.59 Å². The molecule has 1 heterocycles. The van der Waals surface area contributed by atoms with Crippen LogP contribution in [0.15, 0.2) is 47.5 Å². The Kier molecular flexibility index (Phi) is 5.86. The van der Waals surface area contributed by atoms with E-state index < -0.39 is 5.25 Å². The largest absolute Gasteiger partial charge is 0.325 e. The Bertz CT molecular complexity index is 902. The van der Waals surface area contributed by atoms with Crippen LogP contribution in [0, 0.1) is 6.92 Å². The van der Waals surface area contributed by atoms with Crippen LogP contribution in [0.4, 0.5) is 11.4 Å². The number of amides is 2. The van der Waals surface area contributed by atoms with Crippen LogP contribution in [0.2, 0.25) is 10.0 Å². The molecule has 134 valence electrons. The number of nitrogens with zero attached hydrogens (tertiary/aromatic N) is 1. The zero-order chi connectivity index (χ0) is 18.7. The number of carbonyl (C=O) groups excluding carboxylic acids is 2. The number of rotatable bonds is 4. The molecule has 2 amide bonds. The van der Waals surface area contributed by atoms with E-state index in [-0.39, 0.29) is 23.3 Å². The first-order valence-corrected chi connectivity index (χ1v) is 9.42. The number of aliphatic imine (C=N–C) groups is 1. The molecule has 0 radical (unpaired) electrons. The third-order valence-corrected chi connectivity index (χ3v) is 5.51. The number of anilines is 1. The van der Waals surface area contributed by atoms with Crippen molar-refractivity contribution >= 4 is 63.3 Å². The number of aryl methyl sites for hydroxylation is 1. The van der Waals surface area contributed by atoms with Crippen molar-refractivity contribution in [3.05, 3.63) is 58.1 Å². The summed E-state index contributed by atoms with van der Waals surface area (Å²) in [5.41, 5.74) is 2.25. The number of carbonyl (C=O) groups is 2. The lowest BCUT2D eigenvalue weighted by molar-refractivity contribution is -0.122. The van der Waals surface area contributed by atoms with Crippen LogP contribution in [0.25, 0.3) is 0 Å². The van der Waals surface area contributed by atoms with Gasteiger partial charge in [0.25, 0.3) is 0 Å². The molecule has 3 rings (SSSR count). The van der Waals surface area contributed by atoms with E-state index in [0.29, 0.717) is 15.9 Å². The third-order valence-electron chi connectivity index (χ3n) is 3.61. The smallest absolute Gasteiger partial charge is 0.240 e. The van der Waals surface area contributed by atoms with Crippen LogP contribution in [-0.4, -0.2) is 22.2 Å². The molecule has 0 aliphatic carbocycles. The zero-order valence-corrected chi connectivity index (χ0v) is 16.1. The molecular formula is C18H15Cl2N3O2S. The van der Waals surface area contributed by atoms with E-state index in [1.807, 2.05) is 31.2 Å². The van der Waals surface area contributed by atoms with E-state index in [1.54, 1.807) is 18.2 Å². The van der Waals surface area contributed by atoms with Crippen molar-refractivity contribution in [2.24, 2.45) is 4.99 Å². The fourth-order valence-electron chi connectivity index (χ4n) is 2.38. The Labute approximate surface area is 165 Å². The number of hydrogen-bond donors (Lipinski definition) is 2. The van der Waals surface area contributed by atoms with Crippen LogP contribution in [-0.2, 0) is 9.59 Å². The van der Waals surface area contributed by atoms with Crippen LogP contribution in [0.3, 0.4) is 0 Å². The molecule has 2 aromatic rings. The standard InChI is InChI=1S/C18H15Cl2N3O2S/c1-10-4-2-5-11(8-10)21-18-23-17(25)14(26-18)9-15(24)22-13-7-3-6-12(19)16(13)20/h2-8,14H,9H2,1H3,(H,22,24)(H,21,23,25)/t14-/m0/s1. The maximum atomic E-state index is 12.2. The average molecular weight is 408 g/mol. The van der Waals surface area contributed by atoms with E-state index in [2.05, 4.69) is 15.6 Å². The Balaban J connectivity index is 1.64. The van der Waals surface area contributed by atoms with Crippen molar-refractivity contribution in [2.75, 3.05) is 5.32 Å². The number of nitrogens with one attached hydrogen (secondary N) is 2. The van der Waals surface area contributed by atoms with Crippen LogP contribution in [0.5, 0.6) is 0 Å². The fraction of sp³-hybridized carbons (Fsp3) is 0.167. The Morgan fingerprint density at radius 3 is 2.81 bits per heavy atom. The van der Waals surface area contributed by atoms with E-state index in [0.717, 1.165) is 11.3 Å². The number of hydrogen-bond acceptors (Lipinski definition) is 4. The highest BCUT2D eigenvalue weighted by Gasteiger charge is 2.32. The summed E-state index contributed by atoms with van der Waals surface area (Å²) in [6, 6.07) is 12.6. The highest BCUT2D eigenvalue weighted by molar-refractivity contribution is 8.15. The average Bonchev–Trinajstić information content (AvgIpc) is 2.91. The maximum Gasteiger partial charge on any atom is 0.240 e. The molecule has 1 saturated heterocycles. The predicted octanol–water partition coefficient (Wildman–Crippen LogP) is 4.55. The molecule has 1 atom stereocenters. The van der Waals surface area contributed by atoms with Gasteiger partial charge in [0.05, 0.1) is 21.4 Å². The lowest BCUT2D eigenvalue weighted by Crippen LogP contribution is -2.28. The van der Waals surface area contributed by atoms with Gasteiger partial charge in [-0.25, -0.2) is 4.99 Å². The lowest BCUT2D eigenvalue weighted by Gasteiger charge is -2.09. The molecule has 0 spiro atoms. The normalized spacial score (nSPS) is 18.0. The van der Waals surface area contributed by atoms with Crippen molar-refractivity contribution in [3.8, 4) is 0 Å². The first kappa shape index (κ1) is 18.8. The van der Waals surface area contributed by atoms with E-state index in [9.17, 15) is 9.59 Å². The SMILES string of the molecule is Cc1cccc(N=C2NC(=O)[C@H](CC(=O)Nc3cccc(Cl)c3Cl)S2)c1. The molecule has 2 N–H and O–H groups in total. The van der Waals surface area contributed by atoms with E-state index >= 15 is 0 Å². The number of halogens is 2. The summed E-state index contributed by atoms with van der Waals surface area (Å²) in [4.78, 5) is 28.8. The van der Waals surface area contributed by atoms with Gasteiger partial charge in [-0.05, 0) is 36.8 Å². The van der Waals surface area contributed by atoms with Gasteiger partial charge in [-0.2, -0.15) is 0 Å². The molecule has 1 fully saturated rings. The Hall–Kier alpha value is -2.02. The first-order chi connectivity index (χ1) is 12.4. The minimum Gasteiger partial charge on any atom is -0.325 e. The van der Waals surface area contributed by atoms with E-state index in [4.69, 9.17) is 23.2 Å². The Morgan fingerprint density at radius 2 is 2.04 bits per heavy atom. The molecular weight excluding hydrogens is 393 g/mol. The first-order valence-electron chi connectivity index (χ1n) is 7.79. The number of amidine groups is 1. The summed E-state index contributed by atoms with van der Waals surface area (Å²) in [5, 5.41) is 5.95. The lowest BCUT2D eigenvalue weighted by atomic mass is 10.2. The van der Waals surface area contributed by atoms with Crippen molar-refractivity contribution in [1.29, 1.82) is 0 Å². The highest BCUT2D eigenvalue weighted by atomic mass is 35.5. The van der Waals surface area contributed by atoms with Crippen molar-refractivity contribution in [2.45, 2.75) is 18.6 Å². The zero-order valence-electron chi connectivity index (χ0n) is 13.8. The quantitative estimate of drug-likeness (QED) is 0.780. The molecule has 5 nitrogen and oxygen atoms in total. The molecule has 26 heavy (non-hydrogen) atoms. The van der Waals surface area contributed by atoms with Gasteiger partial charge < -0.3 is 10.6 Å². The van der Waals surface area contributed by atoms with Crippen LogP contribution < -0.4 is 10.6 Å². The van der Waals surface area contributed by atoms with Gasteiger partial charge in [0.2, 0.25) is 11.8 Å². The highest BCUT2D eigenvalue weighted by Crippen LogP contribution is 2.30. The van der Waals surface area contributed by atoms with Gasteiger partial charge in [-0.15, -0.1) is 0 Å². The summed E-state index contributed by atoms with van der Waals surface area (Å²) in [6.07, 6.45) is 0.00613. The van der Waals surface area contributed by atoms with Gasteiger partial charge in [0, 0.05) is 6.42 Å². The van der Waals surface area contributed by atoms with Gasteiger partial charge in [0.1, 0.15) is 5.25 Å². The summed E-state index contributed by atoms with van der Waals surface area (Å²) in [5.74, 6) is -0.563. The van der Waals surface area contributed by atoms with E-state index in [1.165, 1.54) is 11.8 Å². The Morgan fingerprint density at radius 1 is 1.27 bits per heavy atom. The molecule has 0 bridgehead atoms. The second-order valence-corrected chi connectivity index (χ2v) is 7.68. The molecule has 0 unspecified atom stereocenters. The second-order valence-electron chi connectivity index (χ2n) is 5.71. The van der Waals surface area contributed by atoms with Crippen LogP contribution >= 0.6 is 35.0 Å². The molecule has 1 aliphatic rings. The molecule has 8 heteroatoms. The van der Waals surface area contributed by atoms with Crippen molar-refractivity contribution in [1.82, 2.24) is 5.32 Å². The summed E-state index contributed by atoms with van der Waals surface area (Å²) >= 11 is 13.2. The summed E-state index contributed by atoms with van der Waals surface area (Å²) in [7, 11) is 0. The summed E-state index contributed by atoms with van der Waals surface area (Å²) in [6.45, 7) is 1.97. The molecule has 0 saturated carbocycles. The number of thioether (sulfide) groups is 1. The molecule has 0 aromatic heterocycles. The van der Waals surface area contributed by atoms with Gasteiger partial charge in [-0.1, -0.05) is 53.2 Å². The van der Waals surface area contributed by atoms with Gasteiger partial charge in [0.15, 0.2) is 5.17 Å². The van der Waals surface area contributed by atoms with Crippen LogP contribution in [0.1, 0.15) is 12.0 Å². The summed E-state index contributed by atoms with van der Waals surface area (Å²) < 4.78 is 0. The minimum absolute atomic E-state index is 0.00613. The topological polar surface area (TPSA) is 70.6 Å². The van der Waals surface area contributed by atoms with Gasteiger partial charge >= 0.3 is 0 Å². The van der Waals surface area contributed by atoms with Crippen molar-refractivity contribution < 1.29 is 9.59 Å². The minimum atomic E-state index is -0.545. The predicted molar refractivity (Wildman–Crippen MR) is 108 cm³/mol. The second kappa shape index (κ2) is 8.12.